The highest BCUT2D eigenvalue weighted by Crippen LogP contribution is 2.55. The number of allylic oxidation sites excluding steroid dienone is 2. The van der Waals surface area contributed by atoms with Gasteiger partial charge in [0.15, 0.2) is 8.32 Å². The zero-order valence-corrected chi connectivity index (χ0v) is 25.5. The lowest BCUT2D eigenvalue weighted by atomic mass is 9.64. The maximum absolute atomic E-state index is 13.6. The zero-order valence-electron chi connectivity index (χ0n) is 24.5. The minimum atomic E-state index is -1.96. The van der Waals surface area contributed by atoms with Crippen molar-refractivity contribution in [3.8, 4) is 0 Å². The Kier molecular flexibility index (Phi) is 9.26. The molecule has 0 aromatic heterocycles. The van der Waals surface area contributed by atoms with E-state index in [2.05, 4.69) is 65.8 Å². The van der Waals surface area contributed by atoms with Crippen molar-refractivity contribution in [1.82, 2.24) is 0 Å². The molecule has 7 atom stereocenters. The number of fused-ring (bicyclic) bond motifs is 5. The molecule has 0 N–H and O–H groups in total. The van der Waals surface area contributed by atoms with Crippen LogP contribution in [-0.4, -0.2) is 39.2 Å². The second-order valence-corrected chi connectivity index (χ2v) is 16.6. The Balaban J connectivity index is 1.77. The van der Waals surface area contributed by atoms with Gasteiger partial charge in [0.2, 0.25) is 0 Å². The smallest absolute Gasteiger partial charge is 0.316 e. The first-order valence-electron chi connectivity index (χ1n) is 14.7. The van der Waals surface area contributed by atoms with E-state index in [1.807, 2.05) is 18.2 Å². The first-order chi connectivity index (χ1) is 18.2. The van der Waals surface area contributed by atoms with Gasteiger partial charge < -0.3 is 18.6 Å². The second-order valence-electron chi connectivity index (χ2n) is 11.9. The summed E-state index contributed by atoms with van der Waals surface area (Å²) in [5.74, 6) is 0.318. The highest BCUT2D eigenvalue weighted by molar-refractivity contribution is 6.73. The molecular weight excluding hydrogens is 492 g/mol. The molecule has 210 valence electrons. The molecular formula is C32H48O5Si. The van der Waals surface area contributed by atoms with Crippen LogP contribution in [0.15, 0.2) is 53.8 Å². The molecule has 1 aromatic rings. The number of rotatable bonds is 9. The molecule has 5 nitrogen and oxygen atoms in total. The molecule has 6 heteroatoms. The molecule has 3 aliphatic rings. The third-order valence-corrected chi connectivity index (χ3v) is 14.4. The highest BCUT2D eigenvalue weighted by Gasteiger charge is 2.61. The maximum atomic E-state index is 13.6. The van der Waals surface area contributed by atoms with Crippen LogP contribution in [0.5, 0.6) is 0 Å². The summed E-state index contributed by atoms with van der Waals surface area (Å²) in [6.45, 7) is 14.0. The summed E-state index contributed by atoms with van der Waals surface area (Å²) in [5, 5.41) is 0. The number of hydrogen-bond acceptors (Lipinski definition) is 5. The van der Waals surface area contributed by atoms with Crippen molar-refractivity contribution in [2.75, 3.05) is 7.11 Å². The predicted octanol–water partition coefficient (Wildman–Crippen LogP) is 7.44. The number of methoxy groups -OCH3 is 1. The minimum Gasteiger partial charge on any atom is -0.493 e. The van der Waals surface area contributed by atoms with Gasteiger partial charge >= 0.3 is 5.97 Å². The van der Waals surface area contributed by atoms with E-state index in [1.165, 1.54) is 12.7 Å². The molecule has 1 fully saturated rings. The molecule has 38 heavy (non-hydrogen) atoms. The summed E-state index contributed by atoms with van der Waals surface area (Å²) in [4.78, 5) is 13.6. The fourth-order valence-electron chi connectivity index (χ4n) is 7.30. The standard InChI is InChI=1S/C32H48O5Si/c1-8-38(9-2,10-3)37-32(6)18-14-15-22(4)19-26-27-23(5)20-25(35-21-24-16-12-11-13-17-24)28(31(33)34-7)29(27)30(32)36-26/h11-13,15-17,20,23,26-30H,8-10,14,18-19,21H2,1-7H3/b22-15-/t23?,26-,27-,28+,29+,30-,32-/m1/s1. The zero-order chi connectivity index (χ0) is 27.5. The molecule has 4 rings (SSSR count). The van der Waals surface area contributed by atoms with Gasteiger partial charge in [-0.1, -0.05) is 69.7 Å². The van der Waals surface area contributed by atoms with E-state index < -0.39 is 19.8 Å². The van der Waals surface area contributed by atoms with Crippen molar-refractivity contribution in [1.29, 1.82) is 0 Å². The van der Waals surface area contributed by atoms with Crippen LogP contribution in [-0.2, 0) is 30.0 Å². The fourth-order valence-corrected chi connectivity index (χ4v) is 10.4. The van der Waals surface area contributed by atoms with Gasteiger partial charge in [-0.15, -0.1) is 0 Å². The third-order valence-electron chi connectivity index (χ3n) is 9.62. The maximum Gasteiger partial charge on any atom is 0.316 e. The normalized spacial score (nSPS) is 34.6. The highest BCUT2D eigenvalue weighted by atomic mass is 28.4. The first-order valence-corrected chi connectivity index (χ1v) is 17.2. The molecule has 1 aliphatic carbocycles. The van der Waals surface area contributed by atoms with Crippen molar-refractivity contribution >= 4 is 14.3 Å². The lowest BCUT2D eigenvalue weighted by molar-refractivity contribution is -0.153. The number of carbonyl (C=O) groups is 1. The summed E-state index contributed by atoms with van der Waals surface area (Å²) < 4.78 is 26.3. The molecule has 2 aliphatic heterocycles. The number of esters is 1. The summed E-state index contributed by atoms with van der Waals surface area (Å²) in [5.41, 5.74) is 1.96. The third kappa shape index (κ3) is 5.68. The van der Waals surface area contributed by atoms with Crippen LogP contribution in [0.1, 0.15) is 66.4 Å². The van der Waals surface area contributed by atoms with Crippen molar-refractivity contribution in [2.45, 2.75) is 103 Å². The Morgan fingerprint density at radius 3 is 2.42 bits per heavy atom. The van der Waals surface area contributed by atoms with Crippen LogP contribution < -0.4 is 0 Å². The topological polar surface area (TPSA) is 54.0 Å². The Morgan fingerprint density at radius 2 is 1.79 bits per heavy atom. The number of hydrogen-bond donors (Lipinski definition) is 0. The van der Waals surface area contributed by atoms with Crippen LogP contribution in [0.4, 0.5) is 0 Å². The van der Waals surface area contributed by atoms with E-state index in [4.69, 9.17) is 18.6 Å². The molecule has 2 bridgehead atoms. The monoisotopic (exact) mass is 540 g/mol. The summed E-state index contributed by atoms with van der Waals surface area (Å²) in [6, 6.07) is 13.4. The van der Waals surface area contributed by atoms with E-state index in [0.29, 0.717) is 6.61 Å². The lowest BCUT2D eigenvalue weighted by Gasteiger charge is -2.47. The predicted molar refractivity (Wildman–Crippen MR) is 154 cm³/mol. The van der Waals surface area contributed by atoms with Crippen molar-refractivity contribution < 1.29 is 23.4 Å². The summed E-state index contributed by atoms with van der Waals surface area (Å²) in [6.07, 6.45) is 7.10. The van der Waals surface area contributed by atoms with Crippen molar-refractivity contribution in [3.63, 3.8) is 0 Å². The van der Waals surface area contributed by atoms with Gasteiger partial charge in [0.25, 0.3) is 0 Å². The summed E-state index contributed by atoms with van der Waals surface area (Å²) in [7, 11) is -0.472. The Morgan fingerprint density at radius 1 is 1.11 bits per heavy atom. The van der Waals surface area contributed by atoms with E-state index in [-0.39, 0.29) is 35.9 Å². The van der Waals surface area contributed by atoms with E-state index >= 15 is 0 Å². The lowest BCUT2D eigenvalue weighted by Crippen LogP contribution is -2.56. The van der Waals surface area contributed by atoms with Gasteiger partial charge in [-0.25, -0.2) is 0 Å². The average Bonchev–Trinajstić information content (AvgIpc) is 3.32. The first kappa shape index (κ1) is 29.1. The minimum absolute atomic E-state index is 0.0392. The van der Waals surface area contributed by atoms with Gasteiger partial charge in [-0.05, 0) is 74.7 Å². The number of ether oxygens (including phenoxy) is 3. The molecule has 1 saturated heterocycles. The van der Waals surface area contributed by atoms with Gasteiger partial charge in [0.1, 0.15) is 18.3 Å². The largest absolute Gasteiger partial charge is 0.493 e. The van der Waals surface area contributed by atoms with Crippen LogP contribution in [0.2, 0.25) is 18.1 Å². The Bertz CT molecular complexity index is 1010. The Labute approximate surface area is 231 Å². The van der Waals surface area contributed by atoms with Crippen molar-refractivity contribution in [3.05, 3.63) is 59.4 Å². The summed E-state index contributed by atoms with van der Waals surface area (Å²) >= 11 is 0. The Hall–Kier alpha value is -1.89. The fraction of sp³-hybridized carbons (Fsp3) is 0.656. The van der Waals surface area contributed by atoms with E-state index in [1.54, 1.807) is 0 Å². The quantitative estimate of drug-likeness (QED) is 0.185. The second kappa shape index (κ2) is 12.1. The van der Waals surface area contributed by atoms with Gasteiger partial charge in [-0.3, -0.25) is 4.79 Å². The molecule has 0 saturated carbocycles. The molecule has 0 amide bonds. The molecule has 0 spiro atoms. The number of carbonyl (C=O) groups excluding carboxylic acids is 1. The van der Waals surface area contributed by atoms with Gasteiger partial charge in [-0.2, -0.15) is 0 Å². The van der Waals surface area contributed by atoms with Crippen LogP contribution in [0.3, 0.4) is 0 Å². The van der Waals surface area contributed by atoms with Crippen LogP contribution >= 0.6 is 0 Å². The van der Waals surface area contributed by atoms with E-state index in [0.717, 1.165) is 48.7 Å². The van der Waals surface area contributed by atoms with Gasteiger partial charge in [0.05, 0.1) is 24.9 Å². The van der Waals surface area contributed by atoms with E-state index in [9.17, 15) is 4.79 Å². The van der Waals surface area contributed by atoms with Crippen molar-refractivity contribution in [2.24, 2.45) is 23.7 Å². The molecule has 0 radical (unpaired) electrons. The van der Waals surface area contributed by atoms with Gasteiger partial charge in [0, 0.05) is 5.92 Å². The molecule has 1 unspecified atom stereocenters. The molecule has 2 heterocycles. The SMILES string of the molecule is CC[Si](CC)(CC)O[C@]1(C)CC/C=C(/C)C[C@H]2O[C@@H]1[C@@H]1[C@@H](C(=O)OC)C(OCc3ccccc3)=CC(C)[C@@H]12. The van der Waals surface area contributed by atoms with Crippen LogP contribution in [0.25, 0.3) is 0 Å². The van der Waals surface area contributed by atoms with Crippen LogP contribution in [0, 0.1) is 23.7 Å². The molecule has 1 aromatic carbocycles. The number of benzene rings is 1. The average molecular weight is 541 g/mol.